The van der Waals surface area contributed by atoms with Crippen LogP contribution >= 0.6 is 11.3 Å². The molecule has 16 heavy (non-hydrogen) atoms. The van der Waals surface area contributed by atoms with Crippen molar-refractivity contribution in [3.63, 3.8) is 0 Å². The van der Waals surface area contributed by atoms with E-state index < -0.39 is 0 Å². The summed E-state index contributed by atoms with van der Waals surface area (Å²) in [6, 6.07) is 0. The standard InChI is InChI=1S/C11H18N2O2S/c1-11(2,3)7-13(4)10-12-8(6-16-10)9(14)15-5/h6H,7H2,1-5H3. The zero-order valence-corrected chi connectivity index (χ0v) is 11.2. The highest BCUT2D eigenvalue weighted by atomic mass is 32.1. The average molecular weight is 242 g/mol. The van der Waals surface area contributed by atoms with Gasteiger partial charge in [-0.15, -0.1) is 11.3 Å². The Labute approximate surface area is 100 Å². The monoisotopic (exact) mass is 242 g/mol. The zero-order chi connectivity index (χ0) is 12.3. The van der Waals surface area contributed by atoms with E-state index in [-0.39, 0.29) is 11.4 Å². The third kappa shape index (κ3) is 3.48. The van der Waals surface area contributed by atoms with Crippen LogP contribution in [0.5, 0.6) is 0 Å². The van der Waals surface area contributed by atoms with Crippen LogP contribution in [0.4, 0.5) is 5.13 Å². The summed E-state index contributed by atoms with van der Waals surface area (Å²) in [7, 11) is 3.34. The number of methoxy groups -OCH3 is 1. The Hall–Kier alpha value is -1.10. The molecule has 0 aliphatic rings. The van der Waals surface area contributed by atoms with Crippen LogP contribution in [-0.2, 0) is 4.74 Å². The number of rotatable bonds is 3. The van der Waals surface area contributed by atoms with E-state index in [2.05, 4.69) is 35.4 Å². The van der Waals surface area contributed by atoms with Crippen molar-refractivity contribution in [2.45, 2.75) is 20.8 Å². The molecule has 0 radical (unpaired) electrons. The highest BCUT2D eigenvalue weighted by Crippen LogP contribution is 2.23. The molecule has 1 rings (SSSR count). The summed E-state index contributed by atoms with van der Waals surface area (Å²) < 4.78 is 4.62. The van der Waals surface area contributed by atoms with Crippen LogP contribution in [0.15, 0.2) is 5.38 Å². The lowest BCUT2D eigenvalue weighted by atomic mass is 9.96. The minimum absolute atomic E-state index is 0.200. The SMILES string of the molecule is COC(=O)c1csc(N(C)CC(C)(C)C)n1. The van der Waals surface area contributed by atoms with Crippen LogP contribution < -0.4 is 4.90 Å². The molecule has 0 atom stereocenters. The topological polar surface area (TPSA) is 42.4 Å². The molecule has 0 fully saturated rings. The second-order valence-electron chi connectivity index (χ2n) is 4.92. The van der Waals surface area contributed by atoms with Crippen LogP contribution in [-0.4, -0.2) is 31.7 Å². The van der Waals surface area contributed by atoms with E-state index >= 15 is 0 Å². The summed E-state index contributed by atoms with van der Waals surface area (Å²) >= 11 is 1.46. The maximum absolute atomic E-state index is 11.2. The minimum atomic E-state index is -0.383. The van der Waals surface area contributed by atoms with E-state index in [1.165, 1.54) is 18.4 Å². The summed E-state index contributed by atoms with van der Waals surface area (Å²) in [6.07, 6.45) is 0. The molecule has 90 valence electrons. The van der Waals surface area contributed by atoms with Crippen LogP contribution in [0.3, 0.4) is 0 Å². The van der Waals surface area contributed by atoms with E-state index in [0.717, 1.165) is 11.7 Å². The number of carbonyl (C=O) groups excluding carboxylic acids is 1. The molecular formula is C11H18N2O2S. The molecule has 0 bridgehead atoms. The summed E-state index contributed by atoms with van der Waals surface area (Å²) in [5, 5.41) is 2.57. The smallest absolute Gasteiger partial charge is 0.357 e. The van der Waals surface area contributed by atoms with Crippen molar-refractivity contribution in [1.29, 1.82) is 0 Å². The molecule has 1 aromatic heterocycles. The lowest BCUT2D eigenvalue weighted by molar-refractivity contribution is 0.0595. The first kappa shape index (κ1) is 13.0. The summed E-state index contributed by atoms with van der Waals surface area (Å²) in [5.41, 5.74) is 0.578. The number of carbonyl (C=O) groups is 1. The predicted octanol–water partition coefficient (Wildman–Crippen LogP) is 2.41. The first-order valence-corrected chi connectivity index (χ1v) is 5.96. The molecule has 0 spiro atoms. The average Bonchev–Trinajstić information content (AvgIpc) is 2.62. The van der Waals surface area contributed by atoms with E-state index in [9.17, 15) is 4.79 Å². The minimum Gasteiger partial charge on any atom is -0.464 e. The fourth-order valence-electron chi connectivity index (χ4n) is 1.42. The van der Waals surface area contributed by atoms with Crippen LogP contribution in [0.25, 0.3) is 0 Å². The largest absolute Gasteiger partial charge is 0.464 e. The molecule has 0 aliphatic carbocycles. The maximum Gasteiger partial charge on any atom is 0.357 e. The third-order valence-electron chi connectivity index (χ3n) is 1.92. The number of ether oxygens (including phenoxy) is 1. The number of hydrogen-bond acceptors (Lipinski definition) is 5. The second-order valence-corrected chi connectivity index (χ2v) is 5.76. The van der Waals surface area contributed by atoms with Gasteiger partial charge in [0.2, 0.25) is 0 Å². The van der Waals surface area contributed by atoms with Gasteiger partial charge in [-0.25, -0.2) is 9.78 Å². The van der Waals surface area contributed by atoms with Gasteiger partial charge in [-0.1, -0.05) is 20.8 Å². The van der Waals surface area contributed by atoms with Gasteiger partial charge < -0.3 is 9.64 Å². The summed E-state index contributed by atoms with van der Waals surface area (Å²) in [6.45, 7) is 7.39. The molecule has 5 heteroatoms. The second kappa shape index (κ2) is 4.82. The Kier molecular flexibility index (Phi) is 3.91. The Morgan fingerprint density at radius 3 is 2.69 bits per heavy atom. The molecule has 0 saturated carbocycles. The lowest BCUT2D eigenvalue weighted by Crippen LogP contribution is -2.29. The quantitative estimate of drug-likeness (QED) is 0.763. The van der Waals surface area contributed by atoms with Gasteiger partial charge >= 0.3 is 5.97 Å². The molecule has 1 aromatic rings. The van der Waals surface area contributed by atoms with Crippen LogP contribution in [0, 0.1) is 5.41 Å². The molecule has 4 nitrogen and oxygen atoms in total. The first-order valence-electron chi connectivity index (χ1n) is 5.08. The normalized spacial score (nSPS) is 11.3. The molecule has 0 amide bonds. The predicted molar refractivity (Wildman–Crippen MR) is 66.2 cm³/mol. The van der Waals surface area contributed by atoms with Crippen molar-refractivity contribution < 1.29 is 9.53 Å². The summed E-state index contributed by atoms with van der Waals surface area (Å²) in [4.78, 5) is 17.5. The van der Waals surface area contributed by atoms with Gasteiger partial charge in [-0.2, -0.15) is 0 Å². The molecule has 0 aromatic carbocycles. The molecular weight excluding hydrogens is 224 g/mol. The van der Waals surface area contributed by atoms with Gasteiger partial charge in [0, 0.05) is 19.0 Å². The van der Waals surface area contributed by atoms with E-state index in [1.807, 2.05) is 7.05 Å². The number of hydrogen-bond donors (Lipinski definition) is 0. The fourth-order valence-corrected chi connectivity index (χ4v) is 2.18. The number of thiazole rings is 1. The van der Waals surface area contributed by atoms with Gasteiger partial charge in [-0.05, 0) is 5.41 Å². The van der Waals surface area contributed by atoms with Gasteiger partial charge in [0.15, 0.2) is 10.8 Å². The van der Waals surface area contributed by atoms with Crippen molar-refractivity contribution in [3.05, 3.63) is 11.1 Å². The highest BCUT2D eigenvalue weighted by Gasteiger charge is 2.17. The molecule has 1 heterocycles. The van der Waals surface area contributed by atoms with Gasteiger partial charge in [0.1, 0.15) is 0 Å². The van der Waals surface area contributed by atoms with Crippen LogP contribution in [0.2, 0.25) is 0 Å². The number of esters is 1. The Balaban J connectivity index is 2.74. The Bertz CT molecular complexity index is 368. The van der Waals surface area contributed by atoms with E-state index in [0.29, 0.717) is 5.69 Å². The highest BCUT2D eigenvalue weighted by molar-refractivity contribution is 7.13. The van der Waals surface area contributed by atoms with E-state index in [1.54, 1.807) is 5.38 Å². The fraction of sp³-hybridized carbons (Fsp3) is 0.636. The number of anilines is 1. The lowest BCUT2D eigenvalue weighted by Gasteiger charge is -2.25. The Morgan fingerprint density at radius 2 is 2.19 bits per heavy atom. The van der Waals surface area contributed by atoms with Crippen LogP contribution in [0.1, 0.15) is 31.3 Å². The van der Waals surface area contributed by atoms with Gasteiger partial charge in [-0.3, -0.25) is 0 Å². The van der Waals surface area contributed by atoms with Gasteiger partial charge in [0.25, 0.3) is 0 Å². The maximum atomic E-state index is 11.2. The van der Waals surface area contributed by atoms with Crippen molar-refractivity contribution in [2.75, 3.05) is 25.6 Å². The molecule has 0 aliphatic heterocycles. The Morgan fingerprint density at radius 1 is 1.56 bits per heavy atom. The molecule has 0 saturated heterocycles. The zero-order valence-electron chi connectivity index (χ0n) is 10.4. The molecule has 0 unspecified atom stereocenters. The van der Waals surface area contributed by atoms with E-state index in [4.69, 9.17) is 0 Å². The number of nitrogens with zero attached hydrogens (tertiary/aromatic N) is 2. The molecule has 0 N–H and O–H groups in total. The summed E-state index contributed by atoms with van der Waals surface area (Å²) in [5.74, 6) is -0.383. The van der Waals surface area contributed by atoms with Crippen molar-refractivity contribution in [1.82, 2.24) is 4.98 Å². The van der Waals surface area contributed by atoms with Gasteiger partial charge in [0.05, 0.1) is 7.11 Å². The van der Waals surface area contributed by atoms with Crippen molar-refractivity contribution in [2.24, 2.45) is 5.41 Å². The first-order chi connectivity index (χ1) is 7.33. The number of aromatic nitrogens is 1. The van der Waals surface area contributed by atoms with Crippen molar-refractivity contribution >= 4 is 22.4 Å². The third-order valence-corrected chi connectivity index (χ3v) is 2.88. The van der Waals surface area contributed by atoms with Crippen molar-refractivity contribution in [3.8, 4) is 0 Å².